The Bertz CT molecular complexity index is 207. The van der Waals surface area contributed by atoms with E-state index in [9.17, 15) is 23.3 Å². The van der Waals surface area contributed by atoms with Gasteiger partial charge < -0.3 is 5.32 Å². The van der Waals surface area contributed by atoms with Gasteiger partial charge in [-0.25, -0.2) is 0 Å². The predicted octanol–water partition coefficient (Wildman–Crippen LogP) is 1.83. The molecule has 0 bridgehead atoms. The number of alkyl halides is 3. The highest BCUT2D eigenvalue weighted by Gasteiger charge is 2.42. The van der Waals surface area contributed by atoms with Crippen LogP contribution in [0.5, 0.6) is 0 Å². The van der Waals surface area contributed by atoms with E-state index >= 15 is 0 Å². The number of hydrogen-bond acceptors (Lipinski definition) is 3. The van der Waals surface area contributed by atoms with Gasteiger partial charge in [-0.2, -0.15) is 13.2 Å². The smallest absolute Gasteiger partial charge is 0.301 e. The van der Waals surface area contributed by atoms with Crippen molar-refractivity contribution < 1.29 is 18.1 Å². The number of halogens is 3. The van der Waals surface area contributed by atoms with Gasteiger partial charge >= 0.3 is 6.18 Å². The molecule has 0 aromatic carbocycles. The average molecular weight is 228 g/mol. The quantitative estimate of drug-likeness (QED) is 0.557. The van der Waals surface area contributed by atoms with Gasteiger partial charge in [0.15, 0.2) is 6.04 Å². The van der Waals surface area contributed by atoms with Gasteiger partial charge in [0, 0.05) is 4.92 Å². The number of hydrogen-bond donors (Lipinski definition) is 1. The number of nitrogens with one attached hydrogen (secondary N) is 1. The van der Waals surface area contributed by atoms with Crippen LogP contribution in [0.15, 0.2) is 0 Å². The van der Waals surface area contributed by atoms with Gasteiger partial charge in [-0.05, 0) is 18.9 Å². The van der Waals surface area contributed by atoms with Crippen LogP contribution in [-0.2, 0) is 0 Å². The third-order valence-electron chi connectivity index (χ3n) is 1.84. The first-order valence-electron chi connectivity index (χ1n) is 4.65. The van der Waals surface area contributed by atoms with Crippen LogP contribution in [0.2, 0.25) is 0 Å². The van der Waals surface area contributed by atoms with Crippen molar-refractivity contribution in [2.24, 2.45) is 5.92 Å². The van der Waals surface area contributed by atoms with Gasteiger partial charge in [0.25, 0.3) is 0 Å². The molecule has 0 aliphatic rings. The molecule has 0 saturated heterocycles. The second-order valence-electron chi connectivity index (χ2n) is 3.75. The second-order valence-corrected chi connectivity index (χ2v) is 3.75. The fraction of sp³-hybridized carbons (Fsp3) is 1.00. The summed E-state index contributed by atoms with van der Waals surface area (Å²) in [5.74, 6) is 0.266. The lowest BCUT2D eigenvalue weighted by Crippen LogP contribution is -2.47. The Morgan fingerprint density at radius 1 is 1.40 bits per heavy atom. The third kappa shape index (κ3) is 7.12. The monoisotopic (exact) mass is 228 g/mol. The Hall–Kier alpha value is -0.850. The maximum atomic E-state index is 12.2. The van der Waals surface area contributed by atoms with E-state index in [2.05, 4.69) is 5.32 Å². The molecule has 15 heavy (non-hydrogen) atoms. The SMILES string of the molecule is CC(C)CCNC(C[N+](=O)[O-])C(F)(F)F. The molecule has 4 nitrogen and oxygen atoms in total. The van der Waals surface area contributed by atoms with Crippen molar-refractivity contribution in [1.29, 1.82) is 0 Å². The molecule has 0 fully saturated rings. The summed E-state index contributed by atoms with van der Waals surface area (Å²) in [6, 6.07) is -2.05. The molecule has 0 aromatic rings. The lowest BCUT2D eigenvalue weighted by atomic mass is 10.1. The highest BCUT2D eigenvalue weighted by molar-refractivity contribution is 4.74. The highest BCUT2D eigenvalue weighted by Crippen LogP contribution is 2.20. The van der Waals surface area contributed by atoms with Crippen molar-refractivity contribution in [2.75, 3.05) is 13.1 Å². The zero-order chi connectivity index (χ0) is 12.1. The van der Waals surface area contributed by atoms with Crippen LogP contribution in [0.4, 0.5) is 13.2 Å². The normalized spacial score (nSPS) is 14.3. The van der Waals surface area contributed by atoms with Crippen molar-refractivity contribution in [3.05, 3.63) is 10.1 Å². The molecule has 90 valence electrons. The first kappa shape index (κ1) is 14.2. The van der Waals surface area contributed by atoms with Gasteiger partial charge in [0.2, 0.25) is 6.54 Å². The largest absolute Gasteiger partial charge is 0.410 e. The van der Waals surface area contributed by atoms with Crippen LogP contribution >= 0.6 is 0 Å². The van der Waals surface area contributed by atoms with Crippen LogP contribution in [0.25, 0.3) is 0 Å². The Morgan fingerprint density at radius 3 is 2.27 bits per heavy atom. The Labute approximate surface area is 86.0 Å². The van der Waals surface area contributed by atoms with E-state index in [1.807, 2.05) is 13.8 Å². The minimum atomic E-state index is -4.57. The maximum Gasteiger partial charge on any atom is 0.410 e. The van der Waals surface area contributed by atoms with E-state index in [-0.39, 0.29) is 12.5 Å². The van der Waals surface area contributed by atoms with Crippen LogP contribution in [0.1, 0.15) is 20.3 Å². The van der Waals surface area contributed by atoms with E-state index in [0.29, 0.717) is 6.42 Å². The molecule has 0 aromatic heterocycles. The lowest BCUT2D eigenvalue weighted by Gasteiger charge is -2.18. The fourth-order valence-corrected chi connectivity index (χ4v) is 0.979. The van der Waals surface area contributed by atoms with Crippen LogP contribution in [0, 0.1) is 16.0 Å². The van der Waals surface area contributed by atoms with Crippen LogP contribution in [-0.4, -0.2) is 30.2 Å². The van der Waals surface area contributed by atoms with Crippen LogP contribution in [0.3, 0.4) is 0 Å². The number of nitro groups is 1. The zero-order valence-corrected chi connectivity index (χ0v) is 8.67. The van der Waals surface area contributed by atoms with E-state index < -0.39 is 23.7 Å². The Kier molecular flexibility index (Phi) is 5.56. The van der Waals surface area contributed by atoms with Gasteiger partial charge in [0.1, 0.15) is 0 Å². The number of nitrogens with zero attached hydrogens (tertiary/aromatic N) is 1. The van der Waals surface area contributed by atoms with E-state index in [1.165, 1.54) is 0 Å². The van der Waals surface area contributed by atoms with E-state index in [0.717, 1.165) is 0 Å². The summed E-state index contributed by atoms with van der Waals surface area (Å²) in [6.07, 6.45) is -4.01. The minimum Gasteiger partial charge on any atom is -0.301 e. The molecule has 0 heterocycles. The lowest BCUT2D eigenvalue weighted by molar-refractivity contribution is -0.491. The molecule has 1 atom stereocenters. The molecule has 1 N–H and O–H groups in total. The van der Waals surface area contributed by atoms with Gasteiger partial charge in [0.05, 0.1) is 0 Å². The molecule has 0 radical (unpaired) electrons. The molecule has 7 heteroatoms. The van der Waals surface area contributed by atoms with Gasteiger partial charge in [-0.15, -0.1) is 0 Å². The molecule has 0 saturated carbocycles. The third-order valence-corrected chi connectivity index (χ3v) is 1.84. The topological polar surface area (TPSA) is 55.2 Å². The Balaban J connectivity index is 4.09. The van der Waals surface area contributed by atoms with Crippen molar-refractivity contribution >= 4 is 0 Å². The summed E-state index contributed by atoms with van der Waals surface area (Å²) in [5.41, 5.74) is 0. The maximum absolute atomic E-state index is 12.2. The van der Waals surface area contributed by atoms with Gasteiger partial charge in [-0.1, -0.05) is 13.8 Å². The fourth-order valence-electron chi connectivity index (χ4n) is 0.979. The summed E-state index contributed by atoms with van der Waals surface area (Å²) in [7, 11) is 0. The van der Waals surface area contributed by atoms with Gasteiger partial charge in [-0.3, -0.25) is 10.1 Å². The van der Waals surface area contributed by atoms with E-state index in [4.69, 9.17) is 0 Å². The van der Waals surface area contributed by atoms with Crippen molar-refractivity contribution in [2.45, 2.75) is 32.5 Å². The zero-order valence-electron chi connectivity index (χ0n) is 8.67. The molecule has 0 aliphatic heterocycles. The summed E-state index contributed by atoms with van der Waals surface area (Å²) in [6.45, 7) is 2.76. The van der Waals surface area contributed by atoms with Crippen molar-refractivity contribution in [3.8, 4) is 0 Å². The van der Waals surface area contributed by atoms with E-state index in [1.54, 1.807) is 0 Å². The molecule has 0 rings (SSSR count). The first-order valence-corrected chi connectivity index (χ1v) is 4.65. The molecule has 1 unspecified atom stereocenters. The standard InChI is InChI=1S/C8H15F3N2O2/c1-6(2)3-4-12-7(5-13(14)15)8(9,10)11/h6-7,12H,3-5H2,1-2H3. The summed E-state index contributed by atoms with van der Waals surface area (Å²) >= 11 is 0. The summed E-state index contributed by atoms with van der Waals surface area (Å²) in [4.78, 5) is 9.06. The molecular formula is C8H15F3N2O2. The predicted molar refractivity (Wildman–Crippen MR) is 49.2 cm³/mol. The second kappa shape index (κ2) is 5.89. The minimum absolute atomic E-state index is 0.135. The van der Waals surface area contributed by atoms with Crippen molar-refractivity contribution in [3.63, 3.8) is 0 Å². The molecule has 0 spiro atoms. The highest BCUT2D eigenvalue weighted by atomic mass is 19.4. The van der Waals surface area contributed by atoms with Crippen molar-refractivity contribution in [1.82, 2.24) is 5.32 Å². The average Bonchev–Trinajstić information content (AvgIpc) is 1.99. The summed E-state index contributed by atoms with van der Waals surface area (Å²) < 4.78 is 36.7. The summed E-state index contributed by atoms with van der Waals surface area (Å²) in [5, 5.41) is 12.2. The Morgan fingerprint density at radius 2 is 1.93 bits per heavy atom. The number of rotatable bonds is 6. The molecule has 0 aliphatic carbocycles. The van der Waals surface area contributed by atoms with Crippen LogP contribution < -0.4 is 5.32 Å². The molecule has 0 amide bonds. The first-order chi connectivity index (χ1) is 6.73. The molecular weight excluding hydrogens is 213 g/mol.